The zero-order chi connectivity index (χ0) is 14.7. The molecule has 0 aromatic carbocycles. The van der Waals surface area contributed by atoms with Gasteiger partial charge in [-0.05, 0) is 47.0 Å². The van der Waals surface area contributed by atoms with Gasteiger partial charge in [-0.25, -0.2) is 4.99 Å². The minimum Gasteiger partial charge on any atom is -0.368 e. The summed E-state index contributed by atoms with van der Waals surface area (Å²) in [5, 5.41) is 3.46. The molecule has 2 aliphatic rings. The van der Waals surface area contributed by atoms with Gasteiger partial charge in [0.05, 0.1) is 0 Å². The largest absolute Gasteiger partial charge is 0.368 e. The third kappa shape index (κ3) is 3.42. The first-order chi connectivity index (χ1) is 9.49. The zero-order valence-corrected chi connectivity index (χ0v) is 13.1. The molecule has 114 valence electrons. The molecule has 1 fully saturated rings. The summed E-state index contributed by atoms with van der Waals surface area (Å²) in [7, 11) is 0. The van der Waals surface area contributed by atoms with Crippen molar-refractivity contribution in [3.8, 4) is 0 Å². The van der Waals surface area contributed by atoms with Crippen LogP contribution in [0.5, 0.6) is 0 Å². The van der Waals surface area contributed by atoms with Crippen LogP contribution < -0.4 is 11.1 Å². The van der Waals surface area contributed by atoms with Crippen molar-refractivity contribution in [3.05, 3.63) is 0 Å². The van der Waals surface area contributed by atoms with Crippen LogP contribution in [0, 0.1) is 0 Å². The first-order valence-corrected chi connectivity index (χ1v) is 7.70. The molecule has 2 rings (SSSR count). The van der Waals surface area contributed by atoms with Gasteiger partial charge in [0.2, 0.25) is 11.9 Å². The normalized spacial score (nSPS) is 24.2. The highest BCUT2D eigenvalue weighted by molar-refractivity contribution is 5.96. The predicted octanol–water partition coefficient (Wildman–Crippen LogP) is 1.15. The van der Waals surface area contributed by atoms with Gasteiger partial charge in [-0.15, -0.1) is 0 Å². The fourth-order valence-corrected chi connectivity index (χ4v) is 2.74. The Balaban J connectivity index is 2.24. The highest BCUT2D eigenvalue weighted by Crippen LogP contribution is 2.18. The van der Waals surface area contributed by atoms with Crippen LogP contribution in [0.4, 0.5) is 0 Å². The second-order valence-electron chi connectivity index (χ2n) is 6.14. The standard InChI is InChI=1S/C14H28N6/c1-10(2)16-13-17-12(15)18-14(20(13)11(3)4)19-8-6-5-7-9-19/h10-11,13,16H,5-9H2,1-4H3,(H2,15,17). The molecule has 0 saturated carbocycles. The first-order valence-electron chi connectivity index (χ1n) is 7.70. The maximum atomic E-state index is 5.93. The van der Waals surface area contributed by atoms with E-state index in [1.54, 1.807) is 0 Å². The maximum Gasteiger partial charge on any atom is 0.221 e. The second kappa shape index (κ2) is 6.43. The third-order valence-electron chi connectivity index (χ3n) is 3.64. The molecule has 0 amide bonds. The van der Waals surface area contributed by atoms with Crippen LogP contribution in [0.15, 0.2) is 9.98 Å². The average Bonchev–Trinajstić information content (AvgIpc) is 2.37. The summed E-state index contributed by atoms with van der Waals surface area (Å²) in [4.78, 5) is 13.6. The molecule has 6 nitrogen and oxygen atoms in total. The SMILES string of the molecule is CC(C)NC1N=C(N)N=C(N2CCCCC2)N1C(C)C. The van der Waals surface area contributed by atoms with E-state index in [0.717, 1.165) is 19.0 Å². The van der Waals surface area contributed by atoms with Gasteiger partial charge < -0.3 is 15.5 Å². The van der Waals surface area contributed by atoms with E-state index >= 15 is 0 Å². The predicted molar refractivity (Wildman–Crippen MR) is 83.5 cm³/mol. The van der Waals surface area contributed by atoms with E-state index in [0.29, 0.717) is 18.0 Å². The molecule has 0 spiro atoms. The summed E-state index contributed by atoms with van der Waals surface area (Å²) in [6.07, 6.45) is 3.64. The monoisotopic (exact) mass is 280 g/mol. The Morgan fingerprint density at radius 1 is 1.15 bits per heavy atom. The van der Waals surface area contributed by atoms with Gasteiger partial charge in [-0.3, -0.25) is 5.32 Å². The molecule has 0 aliphatic carbocycles. The minimum atomic E-state index is -0.121. The lowest BCUT2D eigenvalue weighted by Crippen LogP contribution is -2.60. The van der Waals surface area contributed by atoms with E-state index in [1.807, 2.05) is 0 Å². The number of piperidine rings is 1. The van der Waals surface area contributed by atoms with E-state index in [-0.39, 0.29) is 6.29 Å². The fraction of sp³-hybridized carbons (Fsp3) is 0.857. The summed E-state index contributed by atoms with van der Waals surface area (Å²) in [6.45, 7) is 10.7. The topological polar surface area (TPSA) is 69.2 Å². The van der Waals surface area contributed by atoms with Crippen LogP contribution in [0.2, 0.25) is 0 Å². The molecular formula is C14H28N6. The molecular weight excluding hydrogens is 252 g/mol. The van der Waals surface area contributed by atoms with E-state index in [9.17, 15) is 0 Å². The molecule has 2 heterocycles. The van der Waals surface area contributed by atoms with E-state index in [2.05, 4.69) is 52.8 Å². The fourth-order valence-electron chi connectivity index (χ4n) is 2.74. The average molecular weight is 280 g/mol. The van der Waals surface area contributed by atoms with Gasteiger partial charge in [-0.2, -0.15) is 4.99 Å². The van der Waals surface area contributed by atoms with Gasteiger partial charge in [0, 0.05) is 25.2 Å². The summed E-state index contributed by atoms with van der Waals surface area (Å²) < 4.78 is 0. The van der Waals surface area contributed by atoms with Crippen molar-refractivity contribution in [2.75, 3.05) is 13.1 Å². The van der Waals surface area contributed by atoms with Gasteiger partial charge in [0.1, 0.15) is 0 Å². The summed E-state index contributed by atoms with van der Waals surface area (Å²) in [5.41, 5.74) is 5.93. The van der Waals surface area contributed by atoms with Crippen LogP contribution in [-0.4, -0.2) is 53.2 Å². The lowest BCUT2D eigenvalue weighted by atomic mass is 10.1. The van der Waals surface area contributed by atoms with Gasteiger partial charge in [0.25, 0.3) is 0 Å². The number of nitrogens with two attached hydrogens (primary N) is 1. The summed E-state index contributed by atoms with van der Waals surface area (Å²) in [5.74, 6) is 1.35. The molecule has 0 aromatic heterocycles. The molecule has 1 atom stereocenters. The highest BCUT2D eigenvalue weighted by Gasteiger charge is 2.32. The minimum absolute atomic E-state index is 0.121. The summed E-state index contributed by atoms with van der Waals surface area (Å²) >= 11 is 0. The van der Waals surface area contributed by atoms with Crippen molar-refractivity contribution in [1.82, 2.24) is 15.1 Å². The first kappa shape index (κ1) is 15.1. The van der Waals surface area contributed by atoms with E-state index < -0.39 is 0 Å². The van der Waals surface area contributed by atoms with Crippen LogP contribution in [0.3, 0.4) is 0 Å². The number of aliphatic imine (C=N–C) groups is 2. The lowest BCUT2D eigenvalue weighted by Gasteiger charge is -2.43. The quantitative estimate of drug-likeness (QED) is 0.813. The van der Waals surface area contributed by atoms with Crippen molar-refractivity contribution in [3.63, 3.8) is 0 Å². The number of hydrogen-bond donors (Lipinski definition) is 2. The van der Waals surface area contributed by atoms with Crippen LogP contribution >= 0.6 is 0 Å². The number of hydrogen-bond acceptors (Lipinski definition) is 6. The summed E-state index contributed by atoms with van der Waals surface area (Å²) in [6, 6.07) is 0.669. The zero-order valence-electron chi connectivity index (χ0n) is 13.1. The van der Waals surface area contributed by atoms with Crippen LogP contribution in [0.1, 0.15) is 47.0 Å². The van der Waals surface area contributed by atoms with Crippen LogP contribution in [-0.2, 0) is 0 Å². The Morgan fingerprint density at radius 2 is 1.80 bits per heavy atom. The molecule has 0 radical (unpaired) electrons. The number of rotatable bonds is 3. The van der Waals surface area contributed by atoms with Gasteiger partial charge >= 0.3 is 0 Å². The smallest absolute Gasteiger partial charge is 0.221 e. The molecule has 3 N–H and O–H groups in total. The molecule has 1 saturated heterocycles. The molecule has 0 bridgehead atoms. The number of likely N-dealkylation sites (tertiary alicyclic amines) is 1. The van der Waals surface area contributed by atoms with Crippen molar-refractivity contribution in [2.24, 2.45) is 15.7 Å². The van der Waals surface area contributed by atoms with Gasteiger partial charge in [-0.1, -0.05) is 0 Å². The highest BCUT2D eigenvalue weighted by atomic mass is 15.5. The maximum absolute atomic E-state index is 5.93. The Kier molecular flexibility index (Phi) is 4.86. The number of nitrogens with zero attached hydrogens (tertiary/aromatic N) is 4. The van der Waals surface area contributed by atoms with Crippen molar-refractivity contribution in [1.29, 1.82) is 0 Å². The van der Waals surface area contributed by atoms with Gasteiger partial charge in [0.15, 0.2) is 6.29 Å². The molecule has 6 heteroatoms. The van der Waals surface area contributed by atoms with Crippen molar-refractivity contribution < 1.29 is 0 Å². The van der Waals surface area contributed by atoms with Crippen molar-refractivity contribution in [2.45, 2.75) is 65.3 Å². The lowest BCUT2D eigenvalue weighted by molar-refractivity contribution is 0.175. The Labute approximate surface area is 122 Å². The molecule has 1 unspecified atom stereocenters. The number of guanidine groups is 2. The van der Waals surface area contributed by atoms with E-state index in [1.165, 1.54) is 19.3 Å². The van der Waals surface area contributed by atoms with Crippen LogP contribution in [0.25, 0.3) is 0 Å². The molecule has 2 aliphatic heterocycles. The second-order valence-corrected chi connectivity index (χ2v) is 6.14. The van der Waals surface area contributed by atoms with Crippen molar-refractivity contribution >= 4 is 11.9 Å². The number of nitrogens with one attached hydrogen (secondary N) is 1. The third-order valence-corrected chi connectivity index (χ3v) is 3.64. The Hall–Kier alpha value is -1.30. The molecule has 20 heavy (non-hydrogen) atoms. The molecule has 0 aromatic rings. The Morgan fingerprint density at radius 3 is 2.35 bits per heavy atom. The Bertz CT molecular complexity index is 381. The van der Waals surface area contributed by atoms with E-state index in [4.69, 9.17) is 5.73 Å².